The number of methoxy groups -OCH3 is 1. The summed E-state index contributed by atoms with van der Waals surface area (Å²) in [7, 11) is 1.71. The molecule has 5 aliphatic rings. The molecule has 2 N–H and O–H groups in total. The van der Waals surface area contributed by atoms with E-state index in [4.69, 9.17) is 9.47 Å². The van der Waals surface area contributed by atoms with Crippen LogP contribution in [-0.4, -0.2) is 41.9 Å². The van der Waals surface area contributed by atoms with Gasteiger partial charge in [0.25, 0.3) is 0 Å². The van der Waals surface area contributed by atoms with Crippen LogP contribution in [0.3, 0.4) is 0 Å². The van der Waals surface area contributed by atoms with Gasteiger partial charge in [0, 0.05) is 23.9 Å². The van der Waals surface area contributed by atoms with Gasteiger partial charge in [0.1, 0.15) is 6.10 Å². The number of fused-ring (bicyclic) bond motifs is 1. The Labute approximate surface area is 150 Å². The molecule has 140 valence electrons. The van der Waals surface area contributed by atoms with Crippen LogP contribution in [0.1, 0.15) is 52.9 Å². The Morgan fingerprint density at radius 2 is 1.92 bits per heavy atom. The molecule has 7 atom stereocenters. The van der Waals surface area contributed by atoms with Gasteiger partial charge in [-0.15, -0.1) is 6.58 Å². The summed E-state index contributed by atoms with van der Waals surface area (Å²) in [6.07, 6.45) is 4.78. The normalized spacial score (nSPS) is 51.0. The lowest BCUT2D eigenvalue weighted by atomic mass is 9.44. The van der Waals surface area contributed by atoms with E-state index in [2.05, 4.69) is 27.4 Å². The third-order valence-electron chi connectivity index (χ3n) is 7.88. The van der Waals surface area contributed by atoms with E-state index in [-0.39, 0.29) is 28.5 Å². The van der Waals surface area contributed by atoms with Crippen molar-refractivity contribution < 1.29 is 19.7 Å². The van der Waals surface area contributed by atoms with Gasteiger partial charge in [0.15, 0.2) is 6.29 Å². The number of ether oxygens (including phenoxy) is 2. The zero-order valence-electron chi connectivity index (χ0n) is 15.9. The van der Waals surface area contributed by atoms with E-state index < -0.39 is 18.3 Å². The maximum Gasteiger partial charge on any atom is 0.167 e. The Morgan fingerprint density at radius 1 is 1.20 bits per heavy atom. The first-order chi connectivity index (χ1) is 11.7. The highest BCUT2D eigenvalue weighted by Gasteiger charge is 2.69. The molecule has 0 aromatic carbocycles. The molecule has 5 rings (SSSR count). The zero-order valence-corrected chi connectivity index (χ0v) is 15.9. The lowest BCUT2D eigenvalue weighted by Crippen LogP contribution is -2.70. The van der Waals surface area contributed by atoms with E-state index in [1.807, 2.05) is 6.08 Å². The van der Waals surface area contributed by atoms with E-state index in [0.717, 1.165) is 37.7 Å². The van der Waals surface area contributed by atoms with Crippen molar-refractivity contribution in [3.63, 3.8) is 0 Å². The van der Waals surface area contributed by atoms with Crippen LogP contribution >= 0.6 is 0 Å². The number of aliphatic hydroxyl groups is 2. The largest absolute Gasteiger partial charge is 0.390 e. The molecule has 4 heteroatoms. The summed E-state index contributed by atoms with van der Waals surface area (Å²) in [4.78, 5) is 0. The fourth-order valence-corrected chi connectivity index (χ4v) is 6.63. The summed E-state index contributed by atoms with van der Waals surface area (Å²) in [5.74, 6) is 0.108. The molecule has 0 aromatic heterocycles. The smallest absolute Gasteiger partial charge is 0.167 e. The molecule has 2 aliphatic heterocycles. The van der Waals surface area contributed by atoms with Gasteiger partial charge < -0.3 is 19.7 Å². The molecule has 2 fully saturated rings. The highest BCUT2D eigenvalue weighted by molar-refractivity contribution is 5.43. The SMILES string of the molecule is C=C[C@@]1(C)CCC2=C([C@H]3O[C@@H](OC)[C@@]24CCCC(C)(C)[C@@H]4[C@H]3O)[C@H]1O. The Morgan fingerprint density at radius 3 is 2.56 bits per heavy atom. The molecular weight excluding hydrogens is 316 g/mol. The van der Waals surface area contributed by atoms with E-state index in [1.54, 1.807) is 7.11 Å². The monoisotopic (exact) mass is 348 g/mol. The average Bonchev–Trinajstić information content (AvgIpc) is 2.57. The summed E-state index contributed by atoms with van der Waals surface area (Å²) in [5.41, 5.74) is 1.58. The second-order valence-electron chi connectivity index (χ2n) is 9.52. The Hall–Kier alpha value is -0.680. The summed E-state index contributed by atoms with van der Waals surface area (Å²) in [6, 6.07) is 0. The van der Waals surface area contributed by atoms with Gasteiger partial charge in [0.2, 0.25) is 0 Å². The molecule has 2 bridgehead atoms. The predicted molar refractivity (Wildman–Crippen MR) is 95.8 cm³/mol. The first-order valence-electron chi connectivity index (χ1n) is 9.64. The minimum absolute atomic E-state index is 0.0269. The summed E-state index contributed by atoms with van der Waals surface area (Å²) in [6.45, 7) is 10.5. The van der Waals surface area contributed by atoms with Crippen LogP contribution < -0.4 is 0 Å². The minimum atomic E-state index is -0.644. The summed E-state index contributed by atoms with van der Waals surface area (Å²) >= 11 is 0. The second kappa shape index (κ2) is 5.41. The van der Waals surface area contributed by atoms with Crippen LogP contribution in [0.15, 0.2) is 23.8 Å². The molecule has 1 saturated carbocycles. The molecule has 4 nitrogen and oxygen atoms in total. The highest BCUT2D eigenvalue weighted by Crippen LogP contribution is 2.68. The summed E-state index contributed by atoms with van der Waals surface area (Å²) < 4.78 is 12.1. The van der Waals surface area contributed by atoms with Gasteiger partial charge in [0.05, 0.1) is 12.2 Å². The van der Waals surface area contributed by atoms with Crippen molar-refractivity contribution in [3.05, 3.63) is 23.8 Å². The van der Waals surface area contributed by atoms with Gasteiger partial charge in [-0.2, -0.15) is 0 Å². The molecule has 0 unspecified atom stereocenters. The van der Waals surface area contributed by atoms with Crippen LogP contribution in [0.25, 0.3) is 0 Å². The van der Waals surface area contributed by atoms with E-state index in [9.17, 15) is 10.2 Å². The molecule has 0 aromatic rings. The van der Waals surface area contributed by atoms with Crippen molar-refractivity contribution in [3.8, 4) is 0 Å². The van der Waals surface area contributed by atoms with E-state index in [1.165, 1.54) is 5.57 Å². The topological polar surface area (TPSA) is 58.9 Å². The van der Waals surface area contributed by atoms with Gasteiger partial charge in [-0.25, -0.2) is 0 Å². The lowest BCUT2D eigenvalue weighted by molar-refractivity contribution is -0.320. The summed E-state index contributed by atoms with van der Waals surface area (Å²) in [5, 5.41) is 22.5. The Balaban J connectivity index is 1.93. The fourth-order valence-electron chi connectivity index (χ4n) is 6.63. The standard InChI is InChI=1S/C21H32O4/c1-6-20(4)11-8-12-13(17(20)23)15-14(22)16-19(2,3)9-7-10-21(12,16)18(24-5)25-15/h6,14-18,22-23H,1,7-11H2,2-5H3/t14-,15+,16-,17+,18+,20-,21-/m0/s1. The molecule has 0 radical (unpaired) electrons. The maximum absolute atomic E-state index is 11.3. The Kier molecular flexibility index (Phi) is 3.84. The van der Waals surface area contributed by atoms with Gasteiger partial charge in [-0.05, 0) is 36.7 Å². The Bertz CT molecular complexity index is 623. The van der Waals surface area contributed by atoms with Crippen molar-refractivity contribution in [1.29, 1.82) is 0 Å². The van der Waals surface area contributed by atoms with Crippen LogP contribution in [0, 0.1) is 22.2 Å². The van der Waals surface area contributed by atoms with Crippen molar-refractivity contribution in [2.24, 2.45) is 22.2 Å². The third kappa shape index (κ3) is 2.03. The number of hydrogen-bond acceptors (Lipinski definition) is 4. The second-order valence-corrected chi connectivity index (χ2v) is 9.52. The lowest BCUT2D eigenvalue weighted by Gasteiger charge is -2.67. The maximum atomic E-state index is 11.3. The van der Waals surface area contributed by atoms with Crippen LogP contribution in [0.5, 0.6) is 0 Å². The van der Waals surface area contributed by atoms with Crippen molar-refractivity contribution in [2.45, 2.75) is 77.5 Å². The van der Waals surface area contributed by atoms with Crippen LogP contribution in [0.4, 0.5) is 0 Å². The predicted octanol–water partition coefficient (Wildman–Crippen LogP) is 3.19. The van der Waals surface area contributed by atoms with Crippen molar-refractivity contribution >= 4 is 0 Å². The quantitative estimate of drug-likeness (QED) is 0.753. The van der Waals surface area contributed by atoms with E-state index in [0.29, 0.717) is 0 Å². The molecule has 0 amide bonds. The number of hydrogen-bond donors (Lipinski definition) is 2. The van der Waals surface area contributed by atoms with Crippen LogP contribution in [-0.2, 0) is 9.47 Å². The van der Waals surface area contributed by atoms with Crippen molar-refractivity contribution in [2.75, 3.05) is 7.11 Å². The minimum Gasteiger partial charge on any atom is -0.390 e. The highest BCUT2D eigenvalue weighted by atomic mass is 16.7. The molecule has 1 saturated heterocycles. The van der Waals surface area contributed by atoms with Gasteiger partial charge in [-0.1, -0.05) is 38.8 Å². The first kappa shape index (κ1) is 17.7. The average molecular weight is 348 g/mol. The number of aliphatic hydroxyl groups excluding tert-OH is 2. The first-order valence-corrected chi connectivity index (χ1v) is 9.64. The molecule has 3 aliphatic carbocycles. The van der Waals surface area contributed by atoms with Gasteiger partial charge >= 0.3 is 0 Å². The van der Waals surface area contributed by atoms with Crippen LogP contribution in [0.2, 0.25) is 0 Å². The third-order valence-corrected chi connectivity index (χ3v) is 7.88. The van der Waals surface area contributed by atoms with Crippen molar-refractivity contribution in [1.82, 2.24) is 0 Å². The molecular formula is C21H32O4. The molecule has 25 heavy (non-hydrogen) atoms. The fraction of sp³-hybridized carbons (Fsp3) is 0.810. The number of rotatable bonds is 2. The van der Waals surface area contributed by atoms with Gasteiger partial charge in [-0.3, -0.25) is 0 Å². The molecule has 2 heterocycles. The molecule has 1 spiro atoms. The zero-order chi connectivity index (χ0) is 18.2. The van der Waals surface area contributed by atoms with E-state index >= 15 is 0 Å².